The number of nitrogens with one attached hydrogen (secondary N) is 2. The van der Waals surface area contributed by atoms with E-state index in [1.165, 1.54) is 16.7 Å². The van der Waals surface area contributed by atoms with E-state index in [4.69, 9.17) is 4.74 Å². The predicted molar refractivity (Wildman–Crippen MR) is 101 cm³/mol. The maximum atomic E-state index is 12.8. The Labute approximate surface area is 152 Å². The number of carbonyl (C=O) groups is 1. The Morgan fingerprint density at radius 1 is 1.25 bits per heavy atom. The lowest BCUT2D eigenvalue weighted by molar-refractivity contribution is -0.136. The van der Waals surface area contributed by atoms with Gasteiger partial charge in [-0.2, -0.15) is 0 Å². The second-order valence-electron chi connectivity index (χ2n) is 7.04. The van der Waals surface area contributed by atoms with Gasteiger partial charge in [0.2, 0.25) is 5.91 Å². The van der Waals surface area contributed by atoms with Gasteiger partial charge < -0.3 is 15.4 Å². The van der Waals surface area contributed by atoms with Gasteiger partial charge in [0, 0.05) is 13.2 Å². The minimum Gasteiger partial charge on any atom is -0.384 e. The number of carbonyl (C=O) groups excluding carboxylic acids is 1. The Hall–Kier alpha value is -1.10. The second kappa shape index (κ2) is 9.40. The third kappa shape index (κ3) is 5.47. The molecule has 0 bridgehead atoms. The van der Waals surface area contributed by atoms with Gasteiger partial charge in [0.25, 0.3) is 0 Å². The molecule has 1 atom stereocenters. The number of piperidine rings is 1. The van der Waals surface area contributed by atoms with Crippen molar-refractivity contribution >= 4 is 18.3 Å². The number of benzene rings is 1. The van der Waals surface area contributed by atoms with E-state index in [9.17, 15) is 4.79 Å². The van der Waals surface area contributed by atoms with Crippen LogP contribution in [0.5, 0.6) is 0 Å². The van der Waals surface area contributed by atoms with E-state index in [2.05, 4.69) is 49.6 Å². The molecule has 1 unspecified atom stereocenters. The predicted octanol–water partition coefficient (Wildman–Crippen LogP) is 2.79. The molecule has 5 heteroatoms. The van der Waals surface area contributed by atoms with E-state index >= 15 is 0 Å². The van der Waals surface area contributed by atoms with Crippen molar-refractivity contribution in [1.29, 1.82) is 0 Å². The monoisotopic (exact) mass is 354 g/mol. The van der Waals surface area contributed by atoms with Crippen molar-refractivity contribution in [2.24, 2.45) is 5.41 Å². The smallest absolute Gasteiger partial charge is 0.228 e. The molecule has 1 amide bonds. The molecule has 1 saturated heterocycles. The average Bonchev–Trinajstić information content (AvgIpc) is 2.47. The summed E-state index contributed by atoms with van der Waals surface area (Å²) in [4.78, 5) is 12.8. The number of ether oxygens (including phenoxy) is 1. The third-order valence-electron chi connectivity index (χ3n) is 4.66. The van der Waals surface area contributed by atoms with Gasteiger partial charge in [-0.1, -0.05) is 29.3 Å². The summed E-state index contributed by atoms with van der Waals surface area (Å²) < 4.78 is 5.35. The normalized spacial score (nSPS) is 17.7. The van der Waals surface area contributed by atoms with Crippen LogP contribution in [0.2, 0.25) is 0 Å². The summed E-state index contributed by atoms with van der Waals surface area (Å²) in [5, 5.41) is 6.54. The highest BCUT2D eigenvalue weighted by Crippen LogP contribution is 2.29. The number of methoxy groups -OCH3 is 1. The van der Waals surface area contributed by atoms with Crippen molar-refractivity contribution in [2.45, 2.75) is 46.1 Å². The van der Waals surface area contributed by atoms with E-state index in [0.29, 0.717) is 6.61 Å². The maximum Gasteiger partial charge on any atom is 0.228 e. The molecule has 0 spiro atoms. The molecule has 4 nitrogen and oxygen atoms in total. The molecule has 1 aliphatic rings. The third-order valence-corrected chi connectivity index (χ3v) is 4.66. The zero-order chi connectivity index (χ0) is 16.9. The Morgan fingerprint density at radius 3 is 2.38 bits per heavy atom. The standard InChI is InChI=1S/C19H30N2O2.ClH/c1-14-9-15(2)11-17(10-14)12-16(3)21-18(22)19(13-23-4)5-7-20-8-6-19;/h9-11,16,20H,5-8,12-13H2,1-4H3,(H,21,22);1H. The quantitative estimate of drug-likeness (QED) is 0.825. The molecule has 1 aromatic rings. The van der Waals surface area contributed by atoms with Gasteiger partial charge >= 0.3 is 0 Å². The molecule has 0 radical (unpaired) electrons. The Bertz CT molecular complexity index is 516. The van der Waals surface area contributed by atoms with Crippen molar-refractivity contribution in [3.8, 4) is 0 Å². The molecule has 136 valence electrons. The highest BCUT2D eigenvalue weighted by Gasteiger charge is 2.39. The van der Waals surface area contributed by atoms with Gasteiger partial charge in [-0.3, -0.25) is 4.79 Å². The van der Waals surface area contributed by atoms with Gasteiger partial charge in [0.05, 0.1) is 12.0 Å². The Morgan fingerprint density at radius 2 is 1.83 bits per heavy atom. The molecule has 1 heterocycles. The van der Waals surface area contributed by atoms with E-state index in [1.54, 1.807) is 7.11 Å². The average molecular weight is 355 g/mol. The SMILES string of the molecule is COCC1(C(=O)NC(C)Cc2cc(C)cc(C)c2)CCNCC1.Cl. The fourth-order valence-corrected chi connectivity index (χ4v) is 3.59. The first-order valence-electron chi connectivity index (χ1n) is 8.53. The first-order chi connectivity index (χ1) is 10.9. The number of aryl methyl sites for hydroxylation is 2. The lowest BCUT2D eigenvalue weighted by atomic mass is 9.78. The highest BCUT2D eigenvalue weighted by molar-refractivity contribution is 5.85. The minimum atomic E-state index is -0.378. The highest BCUT2D eigenvalue weighted by atomic mass is 35.5. The van der Waals surface area contributed by atoms with E-state index in [0.717, 1.165) is 32.4 Å². The summed E-state index contributed by atoms with van der Waals surface area (Å²) in [5.41, 5.74) is 3.44. The number of hydrogen-bond acceptors (Lipinski definition) is 3. The summed E-state index contributed by atoms with van der Waals surface area (Å²) in [6, 6.07) is 6.69. The summed E-state index contributed by atoms with van der Waals surface area (Å²) in [5.74, 6) is 0.137. The zero-order valence-electron chi connectivity index (χ0n) is 15.3. The first-order valence-corrected chi connectivity index (χ1v) is 8.53. The zero-order valence-corrected chi connectivity index (χ0v) is 16.1. The number of amides is 1. The fraction of sp³-hybridized carbons (Fsp3) is 0.632. The van der Waals surface area contributed by atoms with Gasteiger partial charge in [0.1, 0.15) is 0 Å². The van der Waals surface area contributed by atoms with Crippen molar-refractivity contribution in [1.82, 2.24) is 10.6 Å². The minimum absolute atomic E-state index is 0. The van der Waals surface area contributed by atoms with Crippen LogP contribution in [0.15, 0.2) is 18.2 Å². The van der Waals surface area contributed by atoms with Gasteiger partial charge in [-0.05, 0) is 58.7 Å². The van der Waals surface area contributed by atoms with Crippen LogP contribution in [0.3, 0.4) is 0 Å². The molecular weight excluding hydrogens is 324 g/mol. The molecule has 2 rings (SSSR count). The number of halogens is 1. The topological polar surface area (TPSA) is 50.4 Å². The summed E-state index contributed by atoms with van der Waals surface area (Å²) in [6.45, 7) is 8.56. The summed E-state index contributed by atoms with van der Waals surface area (Å²) >= 11 is 0. The van der Waals surface area contributed by atoms with Crippen LogP contribution in [-0.4, -0.2) is 38.8 Å². The van der Waals surface area contributed by atoms with E-state index in [1.807, 2.05) is 0 Å². The fourth-order valence-electron chi connectivity index (χ4n) is 3.59. The van der Waals surface area contributed by atoms with Crippen LogP contribution in [0.1, 0.15) is 36.5 Å². The maximum absolute atomic E-state index is 12.8. The molecule has 2 N–H and O–H groups in total. The molecule has 0 aliphatic carbocycles. The van der Waals surface area contributed by atoms with Gasteiger partial charge in [0.15, 0.2) is 0 Å². The van der Waals surface area contributed by atoms with Gasteiger partial charge in [-0.25, -0.2) is 0 Å². The molecule has 1 fully saturated rings. The van der Waals surface area contributed by atoms with Crippen LogP contribution in [0.4, 0.5) is 0 Å². The van der Waals surface area contributed by atoms with Crippen LogP contribution < -0.4 is 10.6 Å². The first kappa shape index (κ1) is 20.9. The van der Waals surface area contributed by atoms with E-state index < -0.39 is 0 Å². The lowest BCUT2D eigenvalue weighted by Crippen LogP contribution is -2.52. The van der Waals surface area contributed by atoms with Crippen molar-refractivity contribution < 1.29 is 9.53 Å². The van der Waals surface area contributed by atoms with Crippen LogP contribution in [-0.2, 0) is 16.0 Å². The summed E-state index contributed by atoms with van der Waals surface area (Å²) in [6.07, 6.45) is 2.53. The summed E-state index contributed by atoms with van der Waals surface area (Å²) in [7, 11) is 1.68. The van der Waals surface area contributed by atoms with Gasteiger partial charge in [-0.15, -0.1) is 12.4 Å². The molecule has 1 aromatic carbocycles. The molecule has 1 aliphatic heterocycles. The molecule has 0 aromatic heterocycles. The number of rotatable bonds is 6. The lowest BCUT2D eigenvalue weighted by Gasteiger charge is -2.36. The van der Waals surface area contributed by atoms with Crippen LogP contribution in [0.25, 0.3) is 0 Å². The second-order valence-corrected chi connectivity index (χ2v) is 7.04. The van der Waals surface area contributed by atoms with Crippen molar-refractivity contribution in [2.75, 3.05) is 26.8 Å². The largest absolute Gasteiger partial charge is 0.384 e. The van der Waals surface area contributed by atoms with Crippen LogP contribution in [0, 0.1) is 19.3 Å². The Balaban J connectivity index is 0.00000288. The van der Waals surface area contributed by atoms with E-state index in [-0.39, 0.29) is 29.8 Å². The molecule has 0 saturated carbocycles. The number of hydrogen-bond donors (Lipinski definition) is 2. The Kier molecular flexibility index (Phi) is 8.20. The molecular formula is C19H31ClN2O2. The van der Waals surface area contributed by atoms with Crippen LogP contribution >= 0.6 is 12.4 Å². The van der Waals surface area contributed by atoms with Crippen molar-refractivity contribution in [3.63, 3.8) is 0 Å². The van der Waals surface area contributed by atoms with Crippen molar-refractivity contribution in [3.05, 3.63) is 34.9 Å². The molecule has 24 heavy (non-hydrogen) atoms.